The fraction of sp³-hybridized carbons (Fsp3) is 0.417. The molecule has 0 spiro atoms. The second-order valence-corrected chi connectivity index (χ2v) is 7.81. The van der Waals surface area contributed by atoms with E-state index in [1.807, 2.05) is 54.3 Å². The van der Waals surface area contributed by atoms with Crippen LogP contribution in [0.25, 0.3) is 0 Å². The normalized spacial score (nSPS) is 14.6. The van der Waals surface area contributed by atoms with E-state index in [0.717, 1.165) is 24.4 Å². The molecule has 1 fully saturated rings. The van der Waals surface area contributed by atoms with Crippen molar-refractivity contribution < 1.29 is 14.3 Å². The largest absolute Gasteiger partial charge is 0.497 e. The molecule has 2 N–H and O–H groups in total. The molecule has 7 nitrogen and oxygen atoms in total. The van der Waals surface area contributed by atoms with Gasteiger partial charge in [0.2, 0.25) is 5.91 Å². The summed E-state index contributed by atoms with van der Waals surface area (Å²) in [6.45, 7) is 5.35. The molecule has 1 unspecified atom stereocenters. The van der Waals surface area contributed by atoms with E-state index >= 15 is 0 Å². The van der Waals surface area contributed by atoms with Crippen molar-refractivity contribution in [2.75, 3.05) is 44.7 Å². The predicted octanol–water partition coefficient (Wildman–Crippen LogP) is 2.66. The number of anilines is 1. The Bertz CT molecular complexity index is 851. The first-order chi connectivity index (χ1) is 15.0. The molecular formula is C24H32N4O3. The third-order valence-electron chi connectivity index (χ3n) is 5.43. The van der Waals surface area contributed by atoms with Crippen LogP contribution in [0.2, 0.25) is 0 Å². The summed E-state index contributed by atoms with van der Waals surface area (Å²) in [5.41, 5.74) is 2.29. The summed E-state index contributed by atoms with van der Waals surface area (Å²) in [5, 5.41) is 5.71. The highest BCUT2D eigenvalue weighted by molar-refractivity contribution is 5.78. The van der Waals surface area contributed by atoms with E-state index in [-0.39, 0.29) is 18.0 Å². The zero-order valence-corrected chi connectivity index (χ0v) is 18.3. The van der Waals surface area contributed by atoms with Crippen LogP contribution in [0.5, 0.6) is 5.75 Å². The lowest BCUT2D eigenvalue weighted by Gasteiger charge is -2.36. The van der Waals surface area contributed by atoms with Gasteiger partial charge in [-0.15, -0.1) is 0 Å². The molecule has 31 heavy (non-hydrogen) atoms. The highest BCUT2D eigenvalue weighted by Gasteiger charge is 2.21. The molecule has 0 aliphatic carbocycles. The molecule has 1 heterocycles. The third-order valence-corrected chi connectivity index (χ3v) is 5.43. The number of amides is 3. The maximum Gasteiger partial charge on any atom is 0.315 e. The lowest BCUT2D eigenvalue weighted by atomic mass is 10.1. The van der Waals surface area contributed by atoms with Crippen molar-refractivity contribution in [3.63, 3.8) is 0 Å². The third kappa shape index (κ3) is 6.91. The number of hydrogen-bond acceptors (Lipinski definition) is 4. The minimum Gasteiger partial charge on any atom is -0.497 e. The van der Waals surface area contributed by atoms with E-state index in [9.17, 15) is 9.59 Å². The van der Waals surface area contributed by atoms with Crippen LogP contribution in [0.15, 0.2) is 54.6 Å². The van der Waals surface area contributed by atoms with Crippen LogP contribution in [0.4, 0.5) is 10.5 Å². The van der Waals surface area contributed by atoms with Crippen LogP contribution in [-0.2, 0) is 11.2 Å². The van der Waals surface area contributed by atoms with Crippen molar-refractivity contribution in [3.8, 4) is 5.75 Å². The molecule has 2 aromatic rings. The van der Waals surface area contributed by atoms with Gasteiger partial charge in [0.25, 0.3) is 0 Å². The van der Waals surface area contributed by atoms with Crippen molar-refractivity contribution in [1.29, 1.82) is 0 Å². The molecule has 0 saturated carbocycles. The molecule has 1 saturated heterocycles. The topological polar surface area (TPSA) is 73.9 Å². The monoisotopic (exact) mass is 424 g/mol. The molecule has 3 rings (SSSR count). The Morgan fingerprint density at radius 1 is 1.03 bits per heavy atom. The van der Waals surface area contributed by atoms with Crippen molar-refractivity contribution in [3.05, 3.63) is 60.2 Å². The zero-order chi connectivity index (χ0) is 22.1. The maximum absolute atomic E-state index is 12.5. The van der Waals surface area contributed by atoms with Crippen LogP contribution in [0.1, 0.15) is 18.9 Å². The van der Waals surface area contributed by atoms with Crippen molar-refractivity contribution >= 4 is 17.6 Å². The number of urea groups is 1. The number of hydrogen-bond donors (Lipinski definition) is 2. The van der Waals surface area contributed by atoms with Crippen molar-refractivity contribution in [2.45, 2.75) is 25.8 Å². The van der Waals surface area contributed by atoms with E-state index in [1.165, 1.54) is 5.69 Å². The fourth-order valence-electron chi connectivity index (χ4n) is 3.77. The molecule has 0 radical (unpaired) electrons. The Labute approximate surface area is 184 Å². The number of carbonyl (C=O) groups excluding carboxylic acids is 2. The standard InChI is InChI=1S/C24H32N4O3/c1-19(17-20-7-6-10-22(18-20)31-2)26-24(30)25-12-11-23(29)28-15-13-27(14-16-28)21-8-4-3-5-9-21/h3-10,18-19H,11-17H2,1-2H3,(H2,25,26,30). The average molecular weight is 425 g/mol. The molecule has 2 aromatic carbocycles. The van der Waals surface area contributed by atoms with Gasteiger partial charge in [0.05, 0.1) is 7.11 Å². The van der Waals surface area contributed by atoms with Gasteiger partial charge in [-0.25, -0.2) is 4.79 Å². The Hall–Kier alpha value is -3.22. The summed E-state index contributed by atoms with van der Waals surface area (Å²) in [6.07, 6.45) is 1.01. The number of carbonyl (C=O) groups is 2. The molecule has 166 valence electrons. The van der Waals surface area contributed by atoms with Crippen LogP contribution < -0.4 is 20.3 Å². The van der Waals surface area contributed by atoms with E-state index in [4.69, 9.17) is 4.74 Å². The molecule has 0 aromatic heterocycles. The molecule has 1 aliphatic rings. The minimum atomic E-state index is -0.253. The highest BCUT2D eigenvalue weighted by Crippen LogP contribution is 2.16. The van der Waals surface area contributed by atoms with Crippen LogP contribution in [0, 0.1) is 0 Å². The Morgan fingerprint density at radius 2 is 1.77 bits per heavy atom. The summed E-state index contributed by atoms with van der Waals surface area (Å²) < 4.78 is 5.23. The average Bonchev–Trinajstić information content (AvgIpc) is 2.79. The first-order valence-electron chi connectivity index (χ1n) is 10.8. The van der Waals surface area contributed by atoms with Gasteiger partial charge in [0, 0.05) is 50.9 Å². The second kappa shape index (κ2) is 11.2. The Kier molecular flexibility index (Phi) is 8.15. The van der Waals surface area contributed by atoms with E-state index < -0.39 is 0 Å². The van der Waals surface area contributed by atoms with E-state index in [1.54, 1.807) is 7.11 Å². The van der Waals surface area contributed by atoms with Gasteiger partial charge >= 0.3 is 6.03 Å². The summed E-state index contributed by atoms with van der Waals surface area (Å²) in [6, 6.07) is 17.8. The number of nitrogens with zero attached hydrogens (tertiary/aromatic N) is 2. The SMILES string of the molecule is COc1cccc(CC(C)NC(=O)NCCC(=O)N2CCN(c3ccccc3)CC2)c1. The van der Waals surface area contributed by atoms with E-state index in [0.29, 0.717) is 32.5 Å². The van der Waals surface area contributed by atoms with Gasteiger partial charge in [-0.1, -0.05) is 30.3 Å². The summed E-state index contributed by atoms with van der Waals surface area (Å²) in [7, 11) is 1.64. The van der Waals surface area contributed by atoms with Gasteiger partial charge in [-0.2, -0.15) is 0 Å². The summed E-state index contributed by atoms with van der Waals surface area (Å²) in [4.78, 5) is 28.8. The number of nitrogens with one attached hydrogen (secondary N) is 2. The summed E-state index contributed by atoms with van der Waals surface area (Å²) in [5.74, 6) is 0.884. The van der Waals surface area contributed by atoms with Gasteiger partial charge < -0.3 is 25.2 Å². The number of ether oxygens (including phenoxy) is 1. The molecule has 7 heteroatoms. The Balaban J connectivity index is 1.33. The highest BCUT2D eigenvalue weighted by atomic mass is 16.5. The number of para-hydroxylation sites is 1. The molecule has 1 atom stereocenters. The zero-order valence-electron chi connectivity index (χ0n) is 18.3. The molecule has 1 aliphatic heterocycles. The number of rotatable bonds is 8. The maximum atomic E-state index is 12.5. The Morgan fingerprint density at radius 3 is 2.48 bits per heavy atom. The first kappa shape index (κ1) is 22.5. The van der Waals surface area contributed by atoms with E-state index in [2.05, 4.69) is 27.7 Å². The van der Waals surface area contributed by atoms with Crippen LogP contribution in [-0.4, -0.2) is 62.7 Å². The lowest BCUT2D eigenvalue weighted by Crippen LogP contribution is -2.49. The lowest BCUT2D eigenvalue weighted by molar-refractivity contribution is -0.131. The quantitative estimate of drug-likeness (QED) is 0.683. The first-order valence-corrected chi connectivity index (χ1v) is 10.8. The number of benzene rings is 2. The van der Waals surface area contributed by atoms with Crippen LogP contribution >= 0.6 is 0 Å². The second-order valence-electron chi connectivity index (χ2n) is 7.81. The van der Waals surface area contributed by atoms with Gasteiger partial charge in [0.1, 0.15) is 5.75 Å². The van der Waals surface area contributed by atoms with Crippen molar-refractivity contribution in [2.24, 2.45) is 0 Å². The fourth-order valence-corrected chi connectivity index (χ4v) is 3.77. The van der Waals surface area contributed by atoms with Gasteiger partial charge in [0.15, 0.2) is 0 Å². The minimum absolute atomic E-state index is 0.0335. The number of piperazine rings is 1. The molecular weight excluding hydrogens is 392 g/mol. The summed E-state index contributed by atoms with van der Waals surface area (Å²) >= 11 is 0. The predicted molar refractivity (Wildman–Crippen MR) is 123 cm³/mol. The van der Waals surface area contributed by atoms with Crippen molar-refractivity contribution in [1.82, 2.24) is 15.5 Å². The van der Waals surface area contributed by atoms with Gasteiger partial charge in [-0.3, -0.25) is 4.79 Å². The molecule has 0 bridgehead atoms. The smallest absolute Gasteiger partial charge is 0.315 e. The number of methoxy groups -OCH3 is 1. The van der Waals surface area contributed by atoms with Crippen LogP contribution in [0.3, 0.4) is 0 Å². The molecule has 3 amide bonds. The van der Waals surface area contributed by atoms with Gasteiger partial charge in [-0.05, 0) is 43.2 Å².